The summed E-state index contributed by atoms with van der Waals surface area (Å²) in [5.74, 6) is -1.51. The summed E-state index contributed by atoms with van der Waals surface area (Å²) in [6.45, 7) is -0.519. The molecule has 0 radical (unpaired) electrons. The first-order valence-corrected chi connectivity index (χ1v) is 12.1. The van der Waals surface area contributed by atoms with Gasteiger partial charge in [-0.25, -0.2) is 0 Å². The summed E-state index contributed by atoms with van der Waals surface area (Å²) in [5, 5.41) is 10.0. The molecule has 0 bridgehead atoms. The van der Waals surface area contributed by atoms with Crippen LogP contribution in [-0.2, 0) is 29.9 Å². The van der Waals surface area contributed by atoms with Gasteiger partial charge in [-0.1, -0.05) is 24.3 Å². The molecule has 0 aromatic heterocycles. The van der Waals surface area contributed by atoms with Gasteiger partial charge in [-0.15, -0.1) is 0 Å². The molecule has 1 aliphatic heterocycles. The van der Waals surface area contributed by atoms with Crippen LogP contribution in [0.4, 0.5) is 39.5 Å². The standard InChI is InChI=1S/C27H24F9NO2/c28-25(29,30)18-5-3-16(4-6-18)22-14-19(24(23(38)39)10-1-2-11-24)9-12-37(22)15-17-13-20(26(31,32)33)7-8-21(17)27(34,35)36/h1-8,13,19,22H,9-12,14-15H2,(H,38,39)/t19-,22?/m0/s1. The molecule has 39 heavy (non-hydrogen) atoms. The molecule has 2 atom stereocenters. The highest BCUT2D eigenvalue weighted by atomic mass is 19.4. The van der Waals surface area contributed by atoms with Crippen molar-refractivity contribution in [3.63, 3.8) is 0 Å². The predicted molar refractivity (Wildman–Crippen MR) is 122 cm³/mol. The molecule has 12 heteroatoms. The van der Waals surface area contributed by atoms with Gasteiger partial charge >= 0.3 is 24.5 Å². The van der Waals surface area contributed by atoms with E-state index in [0.29, 0.717) is 23.8 Å². The first kappa shape index (κ1) is 29.0. The van der Waals surface area contributed by atoms with E-state index in [-0.39, 0.29) is 32.2 Å². The molecule has 1 saturated heterocycles. The van der Waals surface area contributed by atoms with Gasteiger partial charge in [0.1, 0.15) is 0 Å². The van der Waals surface area contributed by atoms with Crippen LogP contribution < -0.4 is 0 Å². The number of hydrogen-bond acceptors (Lipinski definition) is 2. The third kappa shape index (κ3) is 5.95. The Hall–Kier alpha value is -3.02. The number of carboxylic acid groups (broad SMARTS) is 1. The number of hydrogen-bond donors (Lipinski definition) is 1. The molecule has 0 amide bonds. The van der Waals surface area contributed by atoms with Crippen LogP contribution >= 0.6 is 0 Å². The van der Waals surface area contributed by atoms with E-state index >= 15 is 0 Å². The van der Waals surface area contributed by atoms with Crippen LogP contribution in [0, 0.1) is 11.3 Å². The maximum atomic E-state index is 13.7. The molecule has 0 saturated carbocycles. The number of benzene rings is 2. The van der Waals surface area contributed by atoms with E-state index in [1.54, 1.807) is 12.2 Å². The molecular weight excluding hydrogens is 541 g/mol. The summed E-state index contributed by atoms with van der Waals surface area (Å²) in [4.78, 5) is 13.8. The largest absolute Gasteiger partial charge is 0.481 e. The Morgan fingerprint density at radius 1 is 0.846 bits per heavy atom. The van der Waals surface area contributed by atoms with E-state index in [2.05, 4.69) is 0 Å². The first-order valence-electron chi connectivity index (χ1n) is 12.1. The van der Waals surface area contributed by atoms with Crippen molar-refractivity contribution in [2.75, 3.05) is 6.54 Å². The van der Waals surface area contributed by atoms with Crippen molar-refractivity contribution in [3.05, 3.63) is 82.4 Å². The van der Waals surface area contributed by atoms with Crippen LogP contribution in [0.3, 0.4) is 0 Å². The van der Waals surface area contributed by atoms with Crippen LogP contribution in [-0.4, -0.2) is 22.5 Å². The lowest BCUT2D eigenvalue weighted by molar-refractivity contribution is -0.154. The van der Waals surface area contributed by atoms with Gasteiger partial charge in [0.15, 0.2) is 0 Å². The molecule has 4 rings (SSSR count). The van der Waals surface area contributed by atoms with E-state index in [1.165, 1.54) is 17.0 Å². The zero-order valence-corrected chi connectivity index (χ0v) is 20.3. The number of likely N-dealkylation sites (tertiary alicyclic amines) is 1. The SMILES string of the molecule is O=C(O)C1([C@H]2CCN(Cc3cc(C(F)(F)F)ccc3C(F)(F)F)C(c3ccc(C(F)(F)F)cc3)C2)CC=CC1. The van der Waals surface area contributed by atoms with Gasteiger partial charge in [-0.05, 0) is 79.6 Å². The van der Waals surface area contributed by atoms with E-state index in [0.717, 1.165) is 12.1 Å². The van der Waals surface area contributed by atoms with E-state index in [1.807, 2.05) is 0 Å². The van der Waals surface area contributed by atoms with Crippen molar-refractivity contribution in [2.45, 2.75) is 56.8 Å². The van der Waals surface area contributed by atoms with Crippen molar-refractivity contribution >= 4 is 5.97 Å². The molecule has 1 N–H and O–H groups in total. The van der Waals surface area contributed by atoms with E-state index in [4.69, 9.17) is 0 Å². The lowest BCUT2D eigenvalue weighted by atomic mass is 9.67. The number of halogens is 9. The van der Waals surface area contributed by atoms with Crippen LogP contribution in [0.5, 0.6) is 0 Å². The number of aliphatic carboxylic acids is 1. The number of alkyl halides is 9. The van der Waals surface area contributed by atoms with Gasteiger partial charge in [0.2, 0.25) is 0 Å². The summed E-state index contributed by atoms with van der Waals surface area (Å²) in [6.07, 6.45) is -10.2. The topological polar surface area (TPSA) is 40.5 Å². The fraction of sp³-hybridized carbons (Fsp3) is 0.444. The van der Waals surface area contributed by atoms with E-state index in [9.17, 15) is 49.4 Å². The minimum Gasteiger partial charge on any atom is -0.481 e. The molecule has 212 valence electrons. The Balaban J connectivity index is 1.74. The average Bonchev–Trinajstić information content (AvgIpc) is 3.34. The van der Waals surface area contributed by atoms with Crippen molar-refractivity contribution in [1.29, 1.82) is 0 Å². The molecule has 2 aromatic rings. The second-order valence-corrected chi connectivity index (χ2v) is 10.0. The molecule has 1 heterocycles. The Bertz CT molecular complexity index is 1220. The van der Waals surface area contributed by atoms with Crippen molar-refractivity contribution < 1.29 is 49.4 Å². The number of allylic oxidation sites excluding steroid dienone is 2. The van der Waals surface area contributed by atoms with Crippen LogP contribution in [0.1, 0.15) is 59.5 Å². The summed E-state index contributed by atoms with van der Waals surface area (Å²) < 4.78 is 121. The van der Waals surface area contributed by atoms with Crippen molar-refractivity contribution in [3.8, 4) is 0 Å². The van der Waals surface area contributed by atoms with Crippen LogP contribution in [0.2, 0.25) is 0 Å². The third-order valence-corrected chi connectivity index (χ3v) is 7.79. The summed E-state index contributed by atoms with van der Waals surface area (Å²) in [6, 6.07) is 4.37. The molecule has 1 fully saturated rings. The first-order chi connectivity index (χ1) is 18.0. The maximum Gasteiger partial charge on any atom is 0.416 e. The predicted octanol–water partition coefficient (Wildman–Crippen LogP) is 8.12. The lowest BCUT2D eigenvalue weighted by Crippen LogP contribution is -2.45. The van der Waals surface area contributed by atoms with Gasteiger partial charge in [0.25, 0.3) is 0 Å². The zero-order valence-electron chi connectivity index (χ0n) is 20.3. The Labute approximate surface area is 217 Å². The number of rotatable bonds is 5. The monoisotopic (exact) mass is 565 g/mol. The number of piperidine rings is 1. The third-order valence-electron chi connectivity index (χ3n) is 7.79. The highest BCUT2D eigenvalue weighted by Crippen LogP contribution is 2.50. The van der Waals surface area contributed by atoms with Crippen LogP contribution in [0.25, 0.3) is 0 Å². The number of carboxylic acids is 1. The normalized spacial score (nSPS) is 22.3. The average molecular weight is 565 g/mol. The zero-order chi connectivity index (χ0) is 28.8. The smallest absolute Gasteiger partial charge is 0.416 e. The highest BCUT2D eigenvalue weighted by molar-refractivity contribution is 5.76. The second kappa shape index (κ2) is 10.2. The van der Waals surface area contributed by atoms with Crippen molar-refractivity contribution in [1.82, 2.24) is 4.90 Å². The number of nitrogens with zero attached hydrogens (tertiary/aromatic N) is 1. The van der Waals surface area contributed by atoms with Gasteiger partial charge < -0.3 is 5.11 Å². The van der Waals surface area contributed by atoms with E-state index < -0.39 is 70.7 Å². The summed E-state index contributed by atoms with van der Waals surface area (Å²) in [5.41, 5.74) is -4.92. The van der Waals surface area contributed by atoms with Gasteiger partial charge in [-0.3, -0.25) is 9.69 Å². The molecule has 1 aliphatic carbocycles. The molecular formula is C27H24F9NO2. The fourth-order valence-electron chi connectivity index (χ4n) is 5.70. The van der Waals surface area contributed by atoms with Crippen molar-refractivity contribution in [2.24, 2.45) is 11.3 Å². The minimum atomic E-state index is -4.94. The Morgan fingerprint density at radius 2 is 1.41 bits per heavy atom. The van der Waals surface area contributed by atoms with Gasteiger partial charge in [0, 0.05) is 12.6 Å². The van der Waals surface area contributed by atoms with Crippen LogP contribution in [0.15, 0.2) is 54.6 Å². The molecule has 0 spiro atoms. The van der Waals surface area contributed by atoms with Gasteiger partial charge in [-0.2, -0.15) is 39.5 Å². The van der Waals surface area contributed by atoms with Gasteiger partial charge in [0.05, 0.1) is 22.1 Å². The lowest BCUT2D eigenvalue weighted by Gasteiger charge is -2.45. The Morgan fingerprint density at radius 3 is 1.92 bits per heavy atom. The minimum absolute atomic E-state index is 0.0406. The summed E-state index contributed by atoms with van der Waals surface area (Å²) in [7, 11) is 0. The second-order valence-electron chi connectivity index (χ2n) is 10.0. The number of carbonyl (C=O) groups is 1. The maximum absolute atomic E-state index is 13.7. The molecule has 1 unspecified atom stereocenters. The quantitative estimate of drug-likeness (QED) is 0.294. The summed E-state index contributed by atoms with van der Waals surface area (Å²) >= 11 is 0. The molecule has 3 nitrogen and oxygen atoms in total. The Kier molecular flexibility index (Phi) is 7.57. The fourth-order valence-corrected chi connectivity index (χ4v) is 5.70. The molecule has 2 aromatic carbocycles. The highest BCUT2D eigenvalue weighted by Gasteiger charge is 2.49. The molecule has 2 aliphatic rings.